The van der Waals surface area contributed by atoms with Crippen molar-refractivity contribution in [2.45, 2.75) is 19.3 Å². The smallest absolute Gasteiger partial charge is 0.270 e. The average Bonchev–Trinajstić information content (AvgIpc) is 2.45. The van der Waals surface area contributed by atoms with Crippen molar-refractivity contribution >= 4 is 17.6 Å². The summed E-state index contributed by atoms with van der Waals surface area (Å²) in [6.07, 6.45) is 5.07. The molecule has 1 aromatic carbocycles. The van der Waals surface area contributed by atoms with E-state index in [2.05, 4.69) is 14.9 Å². The van der Waals surface area contributed by atoms with Crippen molar-refractivity contribution in [1.29, 1.82) is 0 Å². The maximum absolute atomic E-state index is 10.8. The first-order valence-corrected chi connectivity index (χ1v) is 6.32. The maximum Gasteiger partial charge on any atom is 0.270 e. The van der Waals surface area contributed by atoms with Gasteiger partial charge in [0.1, 0.15) is 7.11 Å². The number of nitro benzene ring substituents is 1. The third kappa shape index (κ3) is 3.21. The quantitative estimate of drug-likeness (QED) is 0.475. The molecule has 2 rings (SSSR count). The topological polar surface area (TPSA) is 68.0 Å². The van der Waals surface area contributed by atoms with Gasteiger partial charge in [-0.05, 0) is 25.3 Å². The molecule has 6 nitrogen and oxygen atoms in total. The Kier molecular flexibility index (Phi) is 4.33. The fourth-order valence-corrected chi connectivity index (χ4v) is 2.29. The van der Waals surface area contributed by atoms with Gasteiger partial charge in [0.05, 0.1) is 11.1 Å². The number of hydrogen-bond acceptors (Lipinski definition) is 5. The van der Waals surface area contributed by atoms with Crippen LogP contribution in [0.3, 0.4) is 0 Å². The third-order valence-corrected chi connectivity index (χ3v) is 3.22. The minimum absolute atomic E-state index is 0.0679. The van der Waals surface area contributed by atoms with Gasteiger partial charge in [0.2, 0.25) is 0 Å². The van der Waals surface area contributed by atoms with Gasteiger partial charge in [0.15, 0.2) is 0 Å². The molecule has 0 N–H and O–H groups in total. The fourth-order valence-electron chi connectivity index (χ4n) is 2.29. The summed E-state index contributed by atoms with van der Waals surface area (Å²) in [7, 11) is 1.45. The molecule has 1 fully saturated rings. The van der Waals surface area contributed by atoms with Crippen LogP contribution in [0.5, 0.6) is 0 Å². The molecule has 0 saturated carbocycles. The highest BCUT2D eigenvalue weighted by Crippen LogP contribution is 2.26. The fraction of sp³-hybridized carbons (Fsp3) is 0.462. The first-order chi connectivity index (χ1) is 9.22. The lowest BCUT2D eigenvalue weighted by Crippen LogP contribution is -2.30. The molecule has 0 bridgehead atoms. The van der Waals surface area contributed by atoms with Gasteiger partial charge in [-0.15, -0.1) is 0 Å². The summed E-state index contributed by atoms with van der Waals surface area (Å²) in [6.45, 7) is 1.96. The average molecular weight is 263 g/mol. The zero-order valence-corrected chi connectivity index (χ0v) is 10.9. The Balaban J connectivity index is 2.34. The van der Waals surface area contributed by atoms with Crippen LogP contribution in [0.2, 0.25) is 0 Å². The number of non-ortho nitro benzene ring substituents is 1. The molecule has 1 aliphatic rings. The van der Waals surface area contributed by atoms with Gasteiger partial charge < -0.3 is 9.74 Å². The van der Waals surface area contributed by atoms with Crippen LogP contribution in [0.25, 0.3) is 0 Å². The second kappa shape index (κ2) is 6.17. The van der Waals surface area contributed by atoms with E-state index in [1.165, 1.54) is 31.9 Å². The van der Waals surface area contributed by atoms with Crippen LogP contribution >= 0.6 is 0 Å². The number of anilines is 1. The summed E-state index contributed by atoms with van der Waals surface area (Å²) in [4.78, 5) is 17.3. The molecule has 6 heteroatoms. The molecule has 1 heterocycles. The highest BCUT2D eigenvalue weighted by molar-refractivity contribution is 5.89. The lowest BCUT2D eigenvalue weighted by molar-refractivity contribution is -0.384. The van der Waals surface area contributed by atoms with Gasteiger partial charge in [0.25, 0.3) is 5.69 Å². The molecule has 0 atom stereocenters. The predicted molar refractivity (Wildman–Crippen MR) is 73.8 cm³/mol. The summed E-state index contributed by atoms with van der Waals surface area (Å²) in [5.74, 6) is 0. The van der Waals surface area contributed by atoms with Crippen LogP contribution in [0.15, 0.2) is 23.4 Å². The molecule has 0 amide bonds. The van der Waals surface area contributed by atoms with Gasteiger partial charge in [-0.25, -0.2) is 0 Å². The lowest BCUT2D eigenvalue weighted by Gasteiger charge is -2.29. The van der Waals surface area contributed by atoms with E-state index in [-0.39, 0.29) is 5.69 Å². The zero-order chi connectivity index (χ0) is 13.7. The van der Waals surface area contributed by atoms with Gasteiger partial charge in [0, 0.05) is 36.5 Å². The van der Waals surface area contributed by atoms with E-state index in [0.29, 0.717) is 0 Å². The largest absolute Gasteiger partial charge is 0.399 e. The second-order valence-electron chi connectivity index (χ2n) is 4.47. The van der Waals surface area contributed by atoms with Crippen LogP contribution in [-0.2, 0) is 4.84 Å². The molecular weight excluding hydrogens is 246 g/mol. The zero-order valence-electron chi connectivity index (χ0n) is 10.9. The van der Waals surface area contributed by atoms with Crippen LogP contribution in [0.1, 0.15) is 24.8 Å². The van der Waals surface area contributed by atoms with Crippen LogP contribution in [-0.4, -0.2) is 31.3 Å². The SMILES string of the molecule is CON=Cc1cc([N+](=O)[O-])ccc1N1CCCCC1. The molecule has 0 aliphatic carbocycles. The minimum atomic E-state index is -0.399. The normalized spacial score (nSPS) is 15.7. The summed E-state index contributed by atoms with van der Waals surface area (Å²) in [5, 5.41) is 14.6. The van der Waals surface area contributed by atoms with E-state index in [1.807, 2.05) is 0 Å². The minimum Gasteiger partial charge on any atom is -0.399 e. The first-order valence-electron chi connectivity index (χ1n) is 6.32. The molecular formula is C13H17N3O3. The number of hydrogen-bond donors (Lipinski definition) is 0. The van der Waals surface area contributed by atoms with Gasteiger partial charge in [-0.2, -0.15) is 0 Å². The van der Waals surface area contributed by atoms with Gasteiger partial charge in [-0.1, -0.05) is 5.16 Å². The molecule has 1 aromatic rings. The Morgan fingerprint density at radius 2 is 2.11 bits per heavy atom. The lowest BCUT2D eigenvalue weighted by atomic mass is 10.1. The third-order valence-electron chi connectivity index (χ3n) is 3.22. The van der Waals surface area contributed by atoms with E-state index < -0.39 is 4.92 Å². The molecule has 0 aromatic heterocycles. The first kappa shape index (κ1) is 13.3. The molecule has 0 radical (unpaired) electrons. The summed E-state index contributed by atoms with van der Waals surface area (Å²) in [5.41, 5.74) is 1.77. The Morgan fingerprint density at radius 1 is 1.37 bits per heavy atom. The molecule has 19 heavy (non-hydrogen) atoms. The van der Waals surface area contributed by atoms with E-state index in [4.69, 9.17) is 0 Å². The Morgan fingerprint density at radius 3 is 2.74 bits per heavy atom. The van der Waals surface area contributed by atoms with E-state index >= 15 is 0 Å². The van der Waals surface area contributed by atoms with Crippen LogP contribution < -0.4 is 4.90 Å². The molecule has 1 saturated heterocycles. The van der Waals surface area contributed by atoms with E-state index in [1.54, 1.807) is 6.07 Å². The number of benzene rings is 1. The summed E-state index contributed by atoms with van der Waals surface area (Å²) < 4.78 is 0. The van der Waals surface area contributed by atoms with E-state index in [0.717, 1.165) is 37.2 Å². The Labute approximate surface area is 111 Å². The number of rotatable bonds is 4. The number of nitro groups is 1. The van der Waals surface area contributed by atoms with Crippen molar-refractivity contribution in [3.05, 3.63) is 33.9 Å². The predicted octanol–water partition coefficient (Wildman–Crippen LogP) is 2.57. The van der Waals surface area contributed by atoms with Crippen LogP contribution in [0.4, 0.5) is 11.4 Å². The highest BCUT2D eigenvalue weighted by atomic mass is 16.6. The molecule has 1 aliphatic heterocycles. The van der Waals surface area contributed by atoms with Gasteiger partial charge >= 0.3 is 0 Å². The molecule has 0 spiro atoms. The Hall–Kier alpha value is -2.11. The maximum atomic E-state index is 10.8. The number of nitrogens with zero attached hydrogens (tertiary/aromatic N) is 3. The molecule has 102 valence electrons. The second-order valence-corrected chi connectivity index (χ2v) is 4.47. The van der Waals surface area contributed by atoms with Crippen molar-refractivity contribution in [1.82, 2.24) is 0 Å². The number of piperidine rings is 1. The molecule has 0 unspecified atom stereocenters. The van der Waals surface area contributed by atoms with Crippen molar-refractivity contribution in [2.75, 3.05) is 25.1 Å². The van der Waals surface area contributed by atoms with Crippen molar-refractivity contribution in [3.63, 3.8) is 0 Å². The summed E-state index contributed by atoms with van der Waals surface area (Å²) in [6, 6.07) is 4.86. The standard InChI is InChI=1S/C13H17N3O3/c1-19-14-10-11-9-12(16(17)18)5-6-13(11)15-7-3-2-4-8-15/h5-6,9-10H,2-4,7-8H2,1H3. The van der Waals surface area contributed by atoms with E-state index in [9.17, 15) is 10.1 Å². The highest BCUT2D eigenvalue weighted by Gasteiger charge is 2.16. The van der Waals surface area contributed by atoms with Gasteiger partial charge in [-0.3, -0.25) is 10.1 Å². The Bertz CT molecular complexity index is 482. The van der Waals surface area contributed by atoms with Crippen molar-refractivity contribution < 1.29 is 9.76 Å². The van der Waals surface area contributed by atoms with Crippen molar-refractivity contribution in [2.24, 2.45) is 5.16 Å². The van der Waals surface area contributed by atoms with Crippen molar-refractivity contribution in [3.8, 4) is 0 Å². The number of oxime groups is 1. The summed E-state index contributed by atoms with van der Waals surface area (Å²) >= 11 is 0. The van der Waals surface area contributed by atoms with Crippen LogP contribution in [0, 0.1) is 10.1 Å². The monoisotopic (exact) mass is 263 g/mol.